The van der Waals surface area contributed by atoms with Gasteiger partial charge in [0, 0.05) is 39.6 Å². The molecule has 2 aliphatic rings. The summed E-state index contributed by atoms with van der Waals surface area (Å²) in [7, 11) is 0. The number of benzene rings is 2. The molecule has 4 heterocycles. The van der Waals surface area contributed by atoms with Crippen LogP contribution in [0.5, 0.6) is 5.75 Å². The molecule has 2 bridgehead atoms. The minimum atomic E-state index is -2.95. The minimum Gasteiger partial charge on any atom is -0.434 e. The Labute approximate surface area is 222 Å². The predicted octanol–water partition coefficient (Wildman–Crippen LogP) is 5.64. The number of aliphatic hydroxyl groups is 2. The number of fused-ring (bicyclic) bond motifs is 9. The van der Waals surface area contributed by atoms with E-state index in [1.54, 1.807) is 52.2 Å². The van der Waals surface area contributed by atoms with E-state index in [2.05, 4.69) is 14.5 Å². The van der Waals surface area contributed by atoms with E-state index in [-0.39, 0.29) is 23.0 Å². The molecule has 2 N–H and O–H groups in total. The molecular formula is C28H28F2N4O3S. The van der Waals surface area contributed by atoms with Crippen molar-refractivity contribution in [2.45, 2.75) is 74.0 Å². The third kappa shape index (κ3) is 4.15. The smallest absolute Gasteiger partial charge is 0.387 e. The highest BCUT2D eigenvalue weighted by atomic mass is 32.2. The number of alkyl halides is 2. The molecule has 198 valence electrons. The van der Waals surface area contributed by atoms with Gasteiger partial charge in [-0.1, -0.05) is 12.1 Å². The number of imidazole rings is 1. The fourth-order valence-electron chi connectivity index (χ4n) is 5.64. The Morgan fingerprint density at radius 2 is 1.79 bits per heavy atom. The molecule has 0 saturated carbocycles. The first-order valence-corrected chi connectivity index (χ1v) is 13.3. The molecule has 6 rings (SSSR count). The summed E-state index contributed by atoms with van der Waals surface area (Å²) in [6, 6.07) is 10.8. The second kappa shape index (κ2) is 8.72. The highest BCUT2D eigenvalue weighted by Crippen LogP contribution is 2.57. The maximum atomic E-state index is 13.4. The fraction of sp³-hybridized carbons (Fsp3) is 0.393. The van der Waals surface area contributed by atoms with Crippen LogP contribution < -0.4 is 4.74 Å². The molecule has 3 atom stereocenters. The number of aromatic nitrogens is 4. The summed E-state index contributed by atoms with van der Waals surface area (Å²) in [5.74, 6) is 1.21. The van der Waals surface area contributed by atoms with Gasteiger partial charge in [0.05, 0.1) is 22.7 Å². The first-order chi connectivity index (χ1) is 17.9. The van der Waals surface area contributed by atoms with E-state index in [9.17, 15) is 19.0 Å². The number of nitrogens with zero attached hydrogens (tertiary/aromatic N) is 4. The number of hydrogen-bond donors (Lipinski definition) is 2. The summed E-state index contributed by atoms with van der Waals surface area (Å²) in [6.07, 6.45) is 3.97. The van der Waals surface area contributed by atoms with E-state index in [4.69, 9.17) is 9.72 Å². The van der Waals surface area contributed by atoms with Gasteiger partial charge < -0.3 is 19.5 Å². The number of ether oxygens (including phenoxy) is 1. The molecule has 0 aliphatic carbocycles. The molecule has 0 unspecified atom stereocenters. The van der Waals surface area contributed by atoms with Crippen molar-refractivity contribution in [3.05, 3.63) is 66.0 Å². The second-order valence-electron chi connectivity index (χ2n) is 11.0. The number of hydrogen-bond acceptors (Lipinski definition) is 7. The monoisotopic (exact) mass is 538 g/mol. The van der Waals surface area contributed by atoms with Crippen molar-refractivity contribution in [1.82, 2.24) is 19.5 Å². The Hall–Kier alpha value is -3.08. The zero-order chi connectivity index (χ0) is 27.0. The van der Waals surface area contributed by atoms with Crippen molar-refractivity contribution < 1.29 is 23.7 Å². The lowest BCUT2D eigenvalue weighted by Gasteiger charge is -2.32. The van der Waals surface area contributed by atoms with Crippen LogP contribution in [0.1, 0.15) is 63.3 Å². The number of thioether (sulfide) groups is 1. The van der Waals surface area contributed by atoms with Gasteiger partial charge in [0.1, 0.15) is 17.2 Å². The van der Waals surface area contributed by atoms with Crippen LogP contribution in [0.3, 0.4) is 0 Å². The van der Waals surface area contributed by atoms with Crippen molar-refractivity contribution in [2.75, 3.05) is 0 Å². The van der Waals surface area contributed by atoms with Gasteiger partial charge in [0.15, 0.2) is 5.82 Å². The largest absolute Gasteiger partial charge is 0.434 e. The van der Waals surface area contributed by atoms with Gasteiger partial charge in [-0.15, -0.1) is 11.8 Å². The molecule has 7 nitrogen and oxygen atoms in total. The van der Waals surface area contributed by atoms with Gasteiger partial charge in [0.25, 0.3) is 0 Å². The van der Waals surface area contributed by atoms with Gasteiger partial charge in [-0.25, -0.2) is 15.0 Å². The average Bonchev–Trinajstić information content (AvgIpc) is 3.31. The summed E-state index contributed by atoms with van der Waals surface area (Å²) < 4.78 is 33.9. The molecule has 0 spiro atoms. The van der Waals surface area contributed by atoms with Crippen LogP contribution in [0.15, 0.2) is 53.7 Å². The SMILES string of the molecule is CC(C)(O)c1ncc(-c2ccc3nc4n(c3c2)[C@@H]2C[C@@H]4[C@H](C(C)(C)O)Sc3cccc(OC(F)F)c32)cn1. The third-order valence-electron chi connectivity index (χ3n) is 7.26. The van der Waals surface area contributed by atoms with E-state index in [0.29, 0.717) is 17.8 Å². The molecule has 4 aromatic rings. The van der Waals surface area contributed by atoms with Crippen LogP contribution in [0.2, 0.25) is 0 Å². The van der Waals surface area contributed by atoms with Gasteiger partial charge in [-0.2, -0.15) is 8.78 Å². The maximum Gasteiger partial charge on any atom is 0.387 e. The van der Waals surface area contributed by atoms with E-state index < -0.39 is 17.8 Å². The second-order valence-corrected chi connectivity index (χ2v) is 12.2. The molecule has 2 aliphatic heterocycles. The minimum absolute atomic E-state index is 0.0953. The quantitative estimate of drug-likeness (QED) is 0.340. The normalized spacial score (nSPS) is 20.9. The van der Waals surface area contributed by atoms with Crippen LogP contribution >= 0.6 is 11.8 Å². The maximum absolute atomic E-state index is 13.4. The van der Waals surface area contributed by atoms with Crippen LogP contribution in [-0.2, 0) is 5.60 Å². The fourth-order valence-corrected chi connectivity index (χ4v) is 7.12. The number of halogens is 2. The molecular weight excluding hydrogens is 510 g/mol. The van der Waals surface area contributed by atoms with Gasteiger partial charge in [0.2, 0.25) is 0 Å². The van der Waals surface area contributed by atoms with E-state index in [0.717, 1.165) is 32.9 Å². The summed E-state index contributed by atoms with van der Waals surface area (Å²) in [5, 5.41) is 21.1. The summed E-state index contributed by atoms with van der Waals surface area (Å²) in [6.45, 7) is 3.88. The Morgan fingerprint density at radius 1 is 1.05 bits per heavy atom. The van der Waals surface area contributed by atoms with Crippen LogP contribution in [0, 0.1) is 0 Å². The Balaban J connectivity index is 1.53. The van der Waals surface area contributed by atoms with E-state index >= 15 is 0 Å². The lowest BCUT2D eigenvalue weighted by Crippen LogP contribution is -2.37. The molecule has 0 saturated heterocycles. The molecule has 2 aromatic heterocycles. The predicted molar refractivity (Wildman–Crippen MR) is 141 cm³/mol. The zero-order valence-corrected chi connectivity index (χ0v) is 22.2. The topological polar surface area (TPSA) is 93.3 Å². The van der Waals surface area contributed by atoms with Gasteiger partial charge in [-0.05, 0) is 63.9 Å². The van der Waals surface area contributed by atoms with Crippen LogP contribution in [0.25, 0.3) is 22.2 Å². The Bertz CT molecular complexity index is 1530. The first-order valence-electron chi connectivity index (χ1n) is 12.5. The van der Waals surface area contributed by atoms with Gasteiger partial charge in [-0.3, -0.25) is 0 Å². The Morgan fingerprint density at radius 3 is 2.45 bits per heavy atom. The highest BCUT2D eigenvalue weighted by molar-refractivity contribution is 8.00. The van der Waals surface area contributed by atoms with Crippen molar-refractivity contribution >= 4 is 22.8 Å². The highest BCUT2D eigenvalue weighted by Gasteiger charge is 2.48. The first kappa shape index (κ1) is 25.2. The summed E-state index contributed by atoms with van der Waals surface area (Å²) >= 11 is 1.50. The van der Waals surface area contributed by atoms with Gasteiger partial charge >= 0.3 is 6.61 Å². The lowest BCUT2D eigenvalue weighted by atomic mass is 9.88. The van der Waals surface area contributed by atoms with Crippen molar-refractivity contribution in [2.24, 2.45) is 0 Å². The van der Waals surface area contributed by atoms with Crippen molar-refractivity contribution in [3.63, 3.8) is 0 Å². The van der Waals surface area contributed by atoms with Crippen molar-refractivity contribution in [3.8, 4) is 16.9 Å². The molecule has 38 heavy (non-hydrogen) atoms. The average molecular weight is 539 g/mol. The molecule has 0 amide bonds. The Kier molecular flexibility index (Phi) is 5.79. The number of rotatable bonds is 5. The third-order valence-corrected chi connectivity index (χ3v) is 9.03. The molecule has 0 fully saturated rings. The summed E-state index contributed by atoms with van der Waals surface area (Å²) in [4.78, 5) is 14.5. The van der Waals surface area contributed by atoms with Crippen LogP contribution in [0.4, 0.5) is 8.78 Å². The van der Waals surface area contributed by atoms with Crippen LogP contribution in [-0.4, -0.2) is 47.2 Å². The molecule has 0 radical (unpaired) electrons. The standard InChI is InChI=1S/C28H28F2N4O3S/c1-27(2,35)23-16-11-19(22-20(37-26(29)30)6-5-7-21(22)38-23)34-18-10-14(8-9-17(18)33-24(16)34)15-12-31-25(32-13-15)28(3,4)36/h5-10,12-13,16,19,23,26,35-36H,11H2,1-4H3/t16-,19-,23-/m1/s1. The summed E-state index contributed by atoms with van der Waals surface area (Å²) in [5.41, 5.74) is 1.78. The molecule has 10 heteroatoms. The van der Waals surface area contributed by atoms with E-state index in [1.807, 2.05) is 24.3 Å². The molecule has 2 aromatic carbocycles. The lowest BCUT2D eigenvalue weighted by molar-refractivity contribution is -0.0508. The zero-order valence-electron chi connectivity index (χ0n) is 21.4. The van der Waals surface area contributed by atoms with E-state index in [1.165, 1.54) is 11.8 Å². The van der Waals surface area contributed by atoms with Crippen molar-refractivity contribution in [1.29, 1.82) is 0 Å².